The maximum absolute atomic E-state index is 13.3. The van der Waals surface area contributed by atoms with Gasteiger partial charge in [0.15, 0.2) is 0 Å². The molecule has 0 atom stereocenters. The lowest BCUT2D eigenvalue weighted by atomic mass is 10.0. The lowest BCUT2D eigenvalue weighted by molar-refractivity contribution is 0.0954. The van der Waals surface area contributed by atoms with Crippen molar-refractivity contribution in [2.45, 2.75) is 6.54 Å². The van der Waals surface area contributed by atoms with Gasteiger partial charge in [0, 0.05) is 30.7 Å². The quantitative estimate of drug-likeness (QED) is 0.514. The third-order valence-electron chi connectivity index (χ3n) is 4.90. The number of rotatable bonds is 4. The Labute approximate surface area is 166 Å². The number of hydrogen-bond donors (Lipinski definition) is 1. The van der Waals surface area contributed by atoms with E-state index in [1.165, 1.54) is 0 Å². The molecule has 0 aliphatic heterocycles. The van der Waals surface area contributed by atoms with Crippen molar-refractivity contribution in [3.63, 3.8) is 0 Å². The zero-order valence-corrected chi connectivity index (χ0v) is 15.5. The Morgan fingerprint density at radius 3 is 2.55 bits per heavy atom. The Morgan fingerprint density at radius 1 is 0.931 bits per heavy atom. The van der Waals surface area contributed by atoms with E-state index in [4.69, 9.17) is 0 Å². The van der Waals surface area contributed by atoms with Gasteiger partial charge in [-0.05, 0) is 29.8 Å². The van der Waals surface area contributed by atoms with Crippen molar-refractivity contribution < 1.29 is 4.79 Å². The Hall–Kier alpha value is -4.06. The summed E-state index contributed by atoms with van der Waals surface area (Å²) in [5, 5.41) is 3.78. The van der Waals surface area contributed by atoms with Crippen LogP contribution in [0.3, 0.4) is 0 Å². The second-order valence-corrected chi connectivity index (χ2v) is 6.66. The molecule has 4 heterocycles. The molecule has 0 fully saturated rings. The summed E-state index contributed by atoms with van der Waals surface area (Å²) in [4.78, 5) is 26.3. The van der Waals surface area contributed by atoms with E-state index in [1.807, 2.05) is 71.3 Å². The SMILES string of the molecule is O=C(NCc1ccncc1)c1c2c(-c3ccccc3)ncnc2n2ccccc12. The van der Waals surface area contributed by atoms with Crippen LogP contribution in [0.1, 0.15) is 15.9 Å². The zero-order chi connectivity index (χ0) is 19.6. The number of amides is 1. The third-order valence-corrected chi connectivity index (χ3v) is 4.90. The topological polar surface area (TPSA) is 72.2 Å². The van der Waals surface area contributed by atoms with E-state index in [-0.39, 0.29) is 5.91 Å². The fourth-order valence-corrected chi connectivity index (χ4v) is 3.56. The van der Waals surface area contributed by atoms with Crippen molar-refractivity contribution in [2.24, 2.45) is 0 Å². The molecule has 0 radical (unpaired) electrons. The van der Waals surface area contributed by atoms with Gasteiger partial charge in [-0.3, -0.25) is 9.78 Å². The molecule has 0 saturated carbocycles. The maximum atomic E-state index is 13.3. The van der Waals surface area contributed by atoms with Crippen LogP contribution in [0.25, 0.3) is 27.8 Å². The monoisotopic (exact) mass is 379 g/mol. The minimum atomic E-state index is -0.160. The highest BCUT2D eigenvalue weighted by Gasteiger charge is 2.22. The Kier molecular flexibility index (Phi) is 4.22. The number of carbonyl (C=O) groups is 1. The van der Waals surface area contributed by atoms with E-state index in [0.717, 1.165) is 27.7 Å². The number of nitrogens with zero attached hydrogens (tertiary/aromatic N) is 4. The van der Waals surface area contributed by atoms with Crippen molar-refractivity contribution in [3.8, 4) is 11.3 Å². The summed E-state index contributed by atoms with van der Waals surface area (Å²) in [5.41, 5.74) is 4.76. The molecule has 29 heavy (non-hydrogen) atoms. The van der Waals surface area contributed by atoms with Crippen LogP contribution in [-0.2, 0) is 6.54 Å². The van der Waals surface area contributed by atoms with Gasteiger partial charge >= 0.3 is 0 Å². The minimum Gasteiger partial charge on any atom is -0.348 e. The predicted molar refractivity (Wildman–Crippen MR) is 111 cm³/mol. The van der Waals surface area contributed by atoms with Crippen molar-refractivity contribution >= 4 is 22.5 Å². The second kappa shape index (κ2) is 7.16. The second-order valence-electron chi connectivity index (χ2n) is 6.66. The molecule has 0 aliphatic carbocycles. The van der Waals surface area contributed by atoms with Gasteiger partial charge in [-0.25, -0.2) is 9.97 Å². The van der Waals surface area contributed by atoms with Crippen molar-refractivity contribution in [1.82, 2.24) is 24.7 Å². The summed E-state index contributed by atoms with van der Waals surface area (Å²) in [5.74, 6) is -0.160. The van der Waals surface area contributed by atoms with Crippen LogP contribution in [0.4, 0.5) is 0 Å². The number of hydrogen-bond acceptors (Lipinski definition) is 4. The number of fused-ring (bicyclic) bond motifs is 3. The van der Waals surface area contributed by atoms with Crippen LogP contribution in [-0.4, -0.2) is 25.3 Å². The first-order valence-corrected chi connectivity index (χ1v) is 9.29. The average molecular weight is 379 g/mol. The van der Waals surface area contributed by atoms with Crippen LogP contribution in [0.15, 0.2) is 85.6 Å². The minimum absolute atomic E-state index is 0.160. The third kappa shape index (κ3) is 3.00. The number of nitrogens with one attached hydrogen (secondary N) is 1. The van der Waals surface area contributed by atoms with E-state index in [0.29, 0.717) is 17.8 Å². The van der Waals surface area contributed by atoms with Gasteiger partial charge in [0.1, 0.15) is 12.0 Å². The van der Waals surface area contributed by atoms with Crippen LogP contribution in [0.2, 0.25) is 0 Å². The first kappa shape index (κ1) is 17.1. The molecule has 5 rings (SSSR count). The highest BCUT2D eigenvalue weighted by atomic mass is 16.1. The lowest BCUT2D eigenvalue weighted by Gasteiger charge is -2.07. The highest BCUT2D eigenvalue weighted by Crippen LogP contribution is 2.32. The number of carbonyl (C=O) groups excluding carboxylic acids is 1. The van der Waals surface area contributed by atoms with E-state index >= 15 is 0 Å². The van der Waals surface area contributed by atoms with Crippen molar-refractivity contribution in [2.75, 3.05) is 0 Å². The lowest BCUT2D eigenvalue weighted by Crippen LogP contribution is -2.23. The molecule has 6 nitrogen and oxygen atoms in total. The van der Waals surface area contributed by atoms with E-state index in [1.54, 1.807) is 18.7 Å². The van der Waals surface area contributed by atoms with Crippen LogP contribution >= 0.6 is 0 Å². The molecule has 1 N–H and O–H groups in total. The average Bonchev–Trinajstić information content (AvgIpc) is 3.13. The summed E-state index contributed by atoms with van der Waals surface area (Å²) in [6.07, 6.45) is 6.89. The van der Waals surface area contributed by atoms with Crippen LogP contribution < -0.4 is 5.32 Å². The molecule has 0 unspecified atom stereocenters. The molecule has 140 valence electrons. The molecule has 0 spiro atoms. The zero-order valence-electron chi connectivity index (χ0n) is 15.5. The Balaban J connectivity index is 1.69. The van der Waals surface area contributed by atoms with E-state index in [2.05, 4.69) is 20.3 Å². The van der Waals surface area contributed by atoms with E-state index < -0.39 is 0 Å². The highest BCUT2D eigenvalue weighted by molar-refractivity contribution is 6.16. The summed E-state index contributed by atoms with van der Waals surface area (Å²) in [7, 11) is 0. The summed E-state index contributed by atoms with van der Waals surface area (Å²) in [6, 6.07) is 19.4. The maximum Gasteiger partial charge on any atom is 0.254 e. The van der Waals surface area contributed by atoms with Crippen LogP contribution in [0, 0.1) is 0 Å². The molecule has 1 aromatic carbocycles. The van der Waals surface area contributed by atoms with Gasteiger partial charge in [0.2, 0.25) is 0 Å². The van der Waals surface area contributed by atoms with Crippen LogP contribution in [0.5, 0.6) is 0 Å². The fraction of sp³-hybridized carbons (Fsp3) is 0.0435. The largest absolute Gasteiger partial charge is 0.348 e. The standard InChI is InChI=1S/C23H17N5O/c29-23(25-14-16-9-11-24-12-10-16)19-18-8-4-5-13-28(18)22-20(19)21(26-15-27-22)17-6-2-1-3-7-17/h1-13,15H,14H2,(H,25,29). The molecule has 4 aromatic heterocycles. The molecule has 0 bridgehead atoms. The molecule has 0 saturated heterocycles. The van der Waals surface area contributed by atoms with Gasteiger partial charge in [0.05, 0.1) is 22.2 Å². The molecule has 5 aromatic rings. The Bertz CT molecular complexity index is 1310. The molecule has 1 amide bonds. The Morgan fingerprint density at radius 2 is 1.72 bits per heavy atom. The van der Waals surface area contributed by atoms with Gasteiger partial charge in [-0.2, -0.15) is 0 Å². The van der Waals surface area contributed by atoms with Crippen molar-refractivity contribution in [1.29, 1.82) is 0 Å². The first-order valence-electron chi connectivity index (χ1n) is 9.29. The normalized spacial score (nSPS) is 11.0. The number of aromatic nitrogens is 4. The molecule has 0 aliphatic rings. The number of pyridine rings is 2. The number of benzene rings is 1. The molecular weight excluding hydrogens is 362 g/mol. The van der Waals surface area contributed by atoms with Gasteiger partial charge in [-0.1, -0.05) is 36.4 Å². The summed E-state index contributed by atoms with van der Waals surface area (Å²) in [6.45, 7) is 0.418. The van der Waals surface area contributed by atoms with Gasteiger partial charge in [-0.15, -0.1) is 0 Å². The summed E-state index contributed by atoms with van der Waals surface area (Å²) < 4.78 is 1.94. The smallest absolute Gasteiger partial charge is 0.254 e. The predicted octanol–water partition coefficient (Wildman–Crippen LogP) is 3.87. The molecule has 6 heteroatoms. The van der Waals surface area contributed by atoms with Gasteiger partial charge < -0.3 is 9.72 Å². The van der Waals surface area contributed by atoms with E-state index in [9.17, 15) is 4.79 Å². The fourth-order valence-electron chi connectivity index (χ4n) is 3.56. The van der Waals surface area contributed by atoms with Gasteiger partial charge in [0.25, 0.3) is 5.91 Å². The molecular formula is C23H17N5O. The summed E-state index contributed by atoms with van der Waals surface area (Å²) >= 11 is 0. The van der Waals surface area contributed by atoms with Crippen molar-refractivity contribution in [3.05, 3.63) is 96.7 Å². The first-order chi connectivity index (χ1) is 14.3.